The van der Waals surface area contributed by atoms with Crippen LogP contribution in [0.3, 0.4) is 0 Å². The third kappa shape index (κ3) is 4.07. The number of thioether (sulfide) groups is 1. The van der Waals surface area contributed by atoms with Crippen LogP contribution in [-0.2, 0) is 4.79 Å². The van der Waals surface area contributed by atoms with E-state index in [1.54, 1.807) is 36.4 Å². The molecule has 3 rings (SSSR count). The van der Waals surface area contributed by atoms with Gasteiger partial charge in [0.1, 0.15) is 0 Å². The second-order valence-corrected chi connectivity index (χ2v) is 7.17. The SMILES string of the molecule is C=CCNC(=O)CSc1nc2ccccc2c(=O)n1-c1cccc(Cl)c1C. The van der Waals surface area contributed by atoms with Crippen LogP contribution in [0.5, 0.6) is 0 Å². The molecule has 2 aromatic carbocycles. The van der Waals surface area contributed by atoms with Crippen molar-refractivity contribution in [1.82, 2.24) is 14.9 Å². The molecule has 1 N–H and O–H groups in total. The van der Waals surface area contributed by atoms with E-state index < -0.39 is 0 Å². The van der Waals surface area contributed by atoms with Crippen molar-refractivity contribution in [3.05, 3.63) is 76.1 Å². The molecule has 0 bridgehead atoms. The number of carbonyl (C=O) groups excluding carboxylic acids is 1. The van der Waals surface area contributed by atoms with E-state index in [0.717, 1.165) is 5.56 Å². The summed E-state index contributed by atoms with van der Waals surface area (Å²) in [6.07, 6.45) is 1.61. The smallest absolute Gasteiger partial charge is 0.266 e. The fourth-order valence-electron chi connectivity index (χ4n) is 2.63. The number of fused-ring (bicyclic) bond motifs is 1. The number of para-hydroxylation sites is 1. The topological polar surface area (TPSA) is 64.0 Å². The van der Waals surface area contributed by atoms with Gasteiger partial charge in [0.15, 0.2) is 5.16 Å². The molecule has 7 heteroatoms. The molecule has 27 heavy (non-hydrogen) atoms. The molecule has 0 aliphatic heterocycles. The monoisotopic (exact) mass is 399 g/mol. The Morgan fingerprint density at radius 3 is 2.85 bits per heavy atom. The van der Waals surface area contributed by atoms with Gasteiger partial charge >= 0.3 is 0 Å². The molecule has 0 aliphatic carbocycles. The third-order valence-electron chi connectivity index (χ3n) is 4.00. The molecule has 0 saturated carbocycles. The maximum absolute atomic E-state index is 13.2. The average Bonchev–Trinajstić information content (AvgIpc) is 2.67. The summed E-state index contributed by atoms with van der Waals surface area (Å²) < 4.78 is 1.52. The second-order valence-electron chi connectivity index (χ2n) is 5.82. The minimum absolute atomic E-state index is 0.137. The van der Waals surface area contributed by atoms with Gasteiger partial charge in [-0.25, -0.2) is 4.98 Å². The van der Waals surface area contributed by atoms with Crippen molar-refractivity contribution in [2.75, 3.05) is 12.3 Å². The number of rotatable bonds is 6. The van der Waals surface area contributed by atoms with Crippen LogP contribution in [0.1, 0.15) is 5.56 Å². The van der Waals surface area contributed by atoms with Gasteiger partial charge in [-0.3, -0.25) is 14.2 Å². The Balaban J connectivity index is 2.13. The van der Waals surface area contributed by atoms with Gasteiger partial charge in [-0.2, -0.15) is 0 Å². The molecule has 3 aromatic rings. The van der Waals surface area contributed by atoms with E-state index in [2.05, 4.69) is 16.9 Å². The van der Waals surface area contributed by atoms with Crippen molar-refractivity contribution in [3.63, 3.8) is 0 Å². The van der Waals surface area contributed by atoms with Crippen LogP contribution in [0.4, 0.5) is 0 Å². The summed E-state index contributed by atoms with van der Waals surface area (Å²) in [5.74, 6) is -0.0187. The molecule has 1 aromatic heterocycles. The predicted octanol–water partition coefficient (Wildman–Crippen LogP) is 3.74. The van der Waals surface area contributed by atoms with E-state index in [4.69, 9.17) is 11.6 Å². The van der Waals surface area contributed by atoms with Crippen molar-refractivity contribution in [2.24, 2.45) is 0 Å². The number of nitrogens with one attached hydrogen (secondary N) is 1. The Hall–Kier alpha value is -2.57. The molecule has 1 amide bonds. The van der Waals surface area contributed by atoms with Gasteiger partial charge in [0, 0.05) is 11.6 Å². The fourth-order valence-corrected chi connectivity index (χ4v) is 3.63. The number of nitrogens with zero attached hydrogens (tertiary/aromatic N) is 2. The van der Waals surface area contributed by atoms with E-state index >= 15 is 0 Å². The molecule has 0 unspecified atom stereocenters. The standard InChI is InChI=1S/C20H18ClN3O2S/c1-3-11-22-18(25)12-27-20-23-16-9-5-4-7-14(16)19(26)24(20)17-10-6-8-15(21)13(17)2/h3-10H,1,11-12H2,2H3,(H,22,25). The molecule has 138 valence electrons. The third-order valence-corrected chi connectivity index (χ3v) is 5.35. The first kappa shape index (κ1) is 19.2. The number of aromatic nitrogens is 2. The molecule has 0 atom stereocenters. The van der Waals surface area contributed by atoms with Crippen molar-refractivity contribution < 1.29 is 4.79 Å². The first-order valence-electron chi connectivity index (χ1n) is 8.30. The number of hydrogen-bond donors (Lipinski definition) is 1. The first-order chi connectivity index (χ1) is 13.0. The highest BCUT2D eigenvalue weighted by Crippen LogP contribution is 2.26. The molecule has 1 heterocycles. The number of halogens is 1. The average molecular weight is 400 g/mol. The van der Waals surface area contributed by atoms with E-state index in [-0.39, 0.29) is 17.2 Å². The molecular weight excluding hydrogens is 382 g/mol. The highest BCUT2D eigenvalue weighted by Gasteiger charge is 2.16. The summed E-state index contributed by atoms with van der Waals surface area (Å²) in [6.45, 7) is 5.82. The van der Waals surface area contributed by atoms with Crippen molar-refractivity contribution >= 4 is 40.2 Å². The number of carbonyl (C=O) groups is 1. The lowest BCUT2D eigenvalue weighted by atomic mass is 10.2. The van der Waals surface area contributed by atoms with Gasteiger partial charge in [0.05, 0.1) is 22.3 Å². The van der Waals surface area contributed by atoms with Crippen LogP contribution >= 0.6 is 23.4 Å². The molecule has 0 fully saturated rings. The maximum atomic E-state index is 13.2. The highest BCUT2D eigenvalue weighted by molar-refractivity contribution is 7.99. The molecular formula is C20H18ClN3O2S. The minimum atomic E-state index is -0.194. The van der Waals surface area contributed by atoms with E-state index in [9.17, 15) is 9.59 Å². The lowest BCUT2D eigenvalue weighted by molar-refractivity contribution is -0.118. The van der Waals surface area contributed by atoms with Gasteiger partial charge in [0.2, 0.25) is 5.91 Å². The summed E-state index contributed by atoms with van der Waals surface area (Å²) in [5, 5.41) is 4.24. The molecule has 0 saturated heterocycles. The number of amides is 1. The normalized spacial score (nSPS) is 10.7. The second kappa shape index (κ2) is 8.41. The van der Waals surface area contributed by atoms with E-state index in [1.165, 1.54) is 16.3 Å². The summed E-state index contributed by atoms with van der Waals surface area (Å²) >= 11 is 7.46. The van der Waals surface area contributed by atoms with Crippen LogP contribution in [0, 0.1) is 6.92 Å². The van der Waals surface area contributed by atoms with E-state index in [0.29, 0.717) is 33.3 Å². The predicted molar refractivity (Wildman–Crippen MR) is 111 cm³/mol. The number of benzene rings is 2. The van der Waals surface area contributed by atoms with Gasteiger partial charge in [0.25, 0.3) is 5.56 Å². The van der Waals surface area contributed by atoms with Gasteiger partial charge in [-0.05, 0) is 36.8 Å². The van der Waals surface area contributed by atoms with Gasteiger partial charge in [-0.15, -0.1) is 6.58 Å². The Labute approximate surface area is 166 Å². The number of hydrogen-bond acceptors (Lipinski definition) is 4. The minimum Gasteiger partial charge on any atom is -0.352 e. The zero-order valence-electron chi connectivity index (χ0n) is 14.7. The lowest BCUT2D eigenvalue weighted by Crippen LogP contribution is -2.26. The Morgan fingerprint density at radius 1 is 1.30 bits per heavy atom. The largest absolute Gasteiger partial charge is 0.352 e. The van der Waals surface area contributed by atoms with E-state index in [1.807, 2.05) is 19.1 Å². The van der Waals surface area contributed by atoms with Crippen molar-refractivity contribution in [2.45, 2.75) is 12.1 Å². The van der Waals surface area contributed by atoms with Crippen LogP contribution in [-0.4, -0.2) is 27.8 Å². The summed E-state index contributed by atoms with van der Waals surface area (Å²) in [7, 11) is 0. The van der Waals surface area contributed by atoms with Crippen molar-refractivity contribution in [1.29, 1.82) is 0 Å². The summed E-state index contributed by atoms with van der Waals surface area (Å²) in [6, 6.07) is 12.5. The fraction of sp³-hybridized carbons (Fsp3) is 0.150. The van der Waals surface area contributed by atoms with Crippen LogP contribution in [0.25, 0.3) is 16.6 Å². The zero-order valence-corrected chi connectivity index (χ0v) is 16.3. The summed E-state index contributed by atoms with van der Waals surface area (Å²) in [5.41, 5.74) is 1.82. The molecule has 0 spiro atoms. The van der Waals surface area contributed by atoms with Gasteiger partial charge < -0.3 is 5.32 Å². The Kier molecular flexibility index (Phi) is 5.98. The molecule has 5 nitrogen and oxygen atoms in total. The molecule has 0 radical (unpaired) electrons. The van der Waals surface area contributed by atoms with Crippen LogP contribution < -0.4 is 10.9 Å². The quantitative estimate of drug-likeness (QED) is 0.389. The van der Waals surface area contributed by atoms with Crippen molar-refractivity contribution in [3.8, 4) is 5.69 Å². The maximum Gasteiger partial charge on any atom is 0.266 e. The molecule has 0 aliphatic rings. The zero-order chi connectivity index (χ0) is 19.4. The van der Waals surface area contributed by atoms with Crippen LogP contribution in [0.15, 0.2) is 65.1 Å². The summed E-state index contributed by atoms with van der Waals surface area (Å²) in [4.78, 5) is 29.8. The van der Waals surface area contributed by atoms with Crippen LogP contribution in [0.2, 0.25) is 5.02 Å². The first-order valence-corrected chi connectivity index (χ1v) is 9.67. The Bertz CT molecular complexity index is 1080. The van der Waals surface area contributed by atoms with Gasteiger partial charge in [-0.1, -0.05) is 47.6 Å². The Morgan fingerprint density at radius 2 is 2.07 bits per heavy atom. The highest BCUT2D eigenvalue weighted by atomic mass is 35.5. The lowest BCUT2D eigenvalue weighted by Gasteiger charge is -2.15.